The zero-order chi connectivity index (χ0) is 15.4. The summed E-state index contributed by atoms with van der Waals surface area (Å²) in [5, 5.41) is 0. The summed E-state index contributed by atoms with van der Waals surface area (Å²) >= 11 is 3.64. The lowest BCUT2D eigenvalue weighted by Crippen LogP contribution is -2.39. The molecule has 0 spiro atoms. The summed E-state index contributed by atoms with van der Waals surface area (Å²) in [7, 11) is 3.17. The van der Waals surface area contributed by atoms with Crippen LogP contribution in [0.3, 0.4) is 0 Å². The molecule has 1 saturated heterocycles. The van der Waals surface area contributed by atoms with Crippen LogP contribution < -0.4 is 9.47 Å². The maximum absolute atomic E-state index is 12.6. The van der Waals surface area contributed by atoms with Gasteiger partial charge in [-0.2, -0.15) is 0 Å². The molecule has 1 unspecified atom stereocenters. The quantitative estimate of drug-likeness (QED) is 0.777. The molecular formula is C16H22BrNO3. The van der Waals surface area contributed by atoms with Gasteiger partial charge in [-0.1, -0.05) is 22.9 Å². The van der Waals surface area contributed by atoms with E-state index >= 15 is 0 Å². The van der Waals surface area contributed by atoms with Gasteiger partial charge < -0.3 is 14.4 Å². The Bertz CT molecular complexity index is 496. The normalized spacial score (nSPS) is 17.4. The van der Waals surface area contributed by atoms with Crippen molar-refractivity contribution in [3.63, 3.8) is 0 Å². The minimum Gasteiger partial charge on any atom is -0.493 e. The van der Waals surface area contributed by atoms with E-state index in [2.05, 4.69) is 22.9 Å². The number of benzene rings is 1. The fourth-order valence-electron chi connectivity index (χ4n) is 2.71. The van der Waals surface area contributed by atoms with Gasteiger partial charge in [0.15, 0.2) is 11.5 Å². The number of rotatable bonds is 4. The second kappa shape index (κ2) is 7.16. The third-order valence-electron chi connectivity index (χ3n) is 4.11. The Kier molecular flexibility index (Phi) is 5.51. The summed E-state index contributed by atoms with van der Waals surface area (Å²) < 4.78 is 10.5. The van der Waals surface area contributed by atoms with Gasteiger partial charge in [-0.3, -0.25) is 4.79 Å². The number of carbonyl (C=O) groups is 1. The number of piperidine rings is 1. The van der Waals surface area contributed by atoms with E-state index < -0.39 is 0 Å². The van der Waals surface area contributed by atoms with Crippen molar-refractivity contribution >= 4 is 21.8 Å². The van der Waals surface area contributed by atoms with E-state index in [-0.39, 0.29) is 5.91 Å². The molecule has 1 aromatic rings. The lowest BCUT2D eigenvalue weighted by molar-refractivity contribution is 0.0691. The highest BCUT2D eigenvalue weighted by atomic mass is 79.9. The van der Waals surface area contributed by atoms with Gasteiger partial charge in [0.1, 0.15) is 0 Å². The van der Waals surface area contributed by atoms with E-state index in [1.165, 1.54) is 0 Å². The van der Waals surface area contributed by atoms with E-state index in [1.54, 1.807) is 32.4 Å². The topological polar surface area (TPSA) is 38.8 Å². The third-order valence-corrected chi connectivity index (χ3v) is 4.85. The zero-order valence-electron chi connectivity index (χ0n) is 12.8. The Hall–Kier alpha value is -1.23. The maximum atomic E-state index is 12.6. The molecule has 1 atom stereocenters. The molecular weight excluding hydrogens is 334 g/mol. The predicted molar refractivity (Wildman–Crippen MR) is 86.6 cm³/mol. The number of ether oxygens (including phenoxy) is 2. The summed E-state index contributed by atoms with van der Waals surface area (Å²) in [6.07, 6.45) is 2.09. The molecule has 0 saturated carbocycles. The van der Waals surface area contributed by atoms with E-state index in [1.807, 2.05) is 4.90 Å². The van der Waals surface area contributed by atoms with Gasteiger partial charge >= 0.3 is 0 Å². The number of alkyl halides is 1. The third kappa shape index (κ3) is 3.70. The molecule has 116 valence electrons. The van der Waals surface area contributed by atoms with Crippen LogP contribution in [0.25, 0.3) is 0 Å². The molecule has 1 aliphatic rings. The number of nitrogens with zero attached hydrogens (tertiary/aromatic N) is 1. The molecule has 1 amide bonds. The molecule has 2 rings (SSSR count). The first kappa shape index (κ1) is 16.1. The fraction of sp³-hybridized carbons (Fsp3) is 0.562. The van der Waals surface area contributed by atoms with Crippen LogP contribution in [0.2, 0.25) is 0 Å². The molecule has 4 nitrogen and oxygen atoms in total. The number of methoxy groups -OCH3 is 2. The molecule has 0 aliphatic carbocycles. The zero-order valence-corrected chi connectivity index (χ0v) is 14.4. The van der Waals surface area contributed by atoms with E-state index in [0.717, 1.165) is 25.9 Å². The summed E-state index contributed by atoms with van der Waals surface area (Å²) in [5.74, 6) is 1.95. The van der Waals surface area contributed by atoms with Crippen LogP contribution in [0.5, 0.6) is 11.5 Å². The van der Waals surface area contributed by atoms with Crippen molar-refractivity contribution in [2.24, 2.45) is 5.92 Å². The lowest BCUT2D eigenvalue weighted by Gasteiger charge is -2.33. The average molecular weight is 356 g/mol. The second-order valence-electron chi connectivity index (χ2n) is 5.38. The standard InChI is InChI=1S/C16H22BrNO3/c1-11(17)12-6-8-18(9-7-12)16(19)13-4-5-14(20-2)15(10-13)21-3/h4-5,10-12H,6-9H2,1-3H3. The van der Waals surface area contributed by atoms with Gasteiger partial charge in [0.25, 0.3) is 5.91 Å². The van der Waals surface area contributed by atoms with Crippen molar-refractivity contribution in [2.45, 2.75) is 24.6 Å². The van der Waals surface area contributed by atoms with E-state index in [4.69, 9.17) is 9.47 Å². The van der Waals surface area contributed by atoms with Gasteiger partial charge in [0, 0.05) is 23.5 Å². The first-order chi connectivity index (χ1) is 10.1. The number of likely N-dealkylation sites (tertiary alicyclic amines) is 1. The van der Waals surface area contributed by atoms with Crippen LogP contribution in [0.15, 0.2) is 18.2 Å². The summed E-state index contributed by atoms with van der Waals surface area (Å²) in [6, 6.07) is 5.32. The Morgan fingerprint density at radius 2 is 1.86 bits per heavy atom. The Labute approximate surface area is 134 Å². The van der Waals surface area contributed by atoms with Crippen LogP contribution in [-0.2, 0) is 0 Å². The number of halogens is 1. The Morgan fingerprint density at radius 1 is 1.24 bits per heavy atom. The van der Waals surface area contributed by atoms with Gasteiger partial charge in [0.2, 0.25) is 0 Å². The van der Waals surface area contributed by atoms with Crippen LogP contribution in [-0.4, -0.2) is 42.9 Å². The van der Waals surface area contributed by atoms with Crippen LogP contribution >= 0.6 is 15.9 Å². The number of amides is 1. The van der Waals surface area contributed by atoms with Crippen molar-refractivity contribution in [3.05, 3.63) is 23.8 Å². The van der Waals surface area contributed by atoms with Crippen molar-refractivity contribution in [1.29, 1.82) is 0 Å². The molecule has 0 N–H and O–H groups in total. The molecule has 1 fully saturated rings. The monoisotopic (exact) mass is 355 g/mol. The van der Waals surface area contributed by atoms with Crippen molar-refractivity contribution < 1.29 is 14.3 Å². The first-order valence-corrected chi connectivity index (χ1v) is 8.13. The first-order valence-electron chi connectivity index (χ1n) is 7.22. The second-order valence-corrected chi connectivity index (χ2v) is 6.82. The SMILES string of the molecule is COc1ccc(C(=O)N2CCC(C(C)Br)CC2)cc1OC. The van der Waals surface area contributed by atoms with E-state index in [9.17, 15) is 4.79 Å². The molecule has 0 bridgehead atoms. The Balaban J connectivity index is 2.07. The minimum atomic E-state index is 0.0663. The molecule has 21 heavy (non-hydrogen) atoms. The van der Waals surface area contributed by atoms with Crippen molar-refractivity contribution in [1.82, 2.24) is 4.90 Å². The summed E-state index contributed by atoms with van der Waals surface area (Å²) in [4.78, 5) is 15.0. The minimum absolute atomic E-state index is 0.0663. The van der Waals surface area contributed by atoms with Crippen LogP contribution in [0, 0.1) is 5.92 Å². The largest absolute Gasteiger partial charge is 0.493 e. The number of carbonyl (C=O) groups excluding carboxylic acids is 1. The number of hydrogen-bond donors (Lipinski definition) is 0. The van der Waals surface area contributed by atoms with Gasteiger partial charge in [-0.25, -0.2) is 0 Å². The van der Waals surface area contributed by atoms with Crippen LogP contribution in [0.4, 0.5) is 0 Å². The smallest absolute Gasteiger partial charge is 0.253 e. The number of hydrogen-bond acceptors (Lipinski definition) is 3. The predicted octanol–water partition coefficient (Wildman–Crippen LogP) is 3.34. The molecule has 1 aliphatic heterocycles. The molecule has 5 heteroatoms. The lowest BCUT2D eigenvalue weighted by atomic mass is 9.94. The average Bonchev–Trinajstić information content (AvgIpc) is 2.53. The summed E-state index contributed by atoms with van der Waals surface area (Å²) in [5.41, 5.74) is 0.651. The van der Waals surface area contributed by atoms with Crippen molar-refractivity contribution in [3.8, 4) is 11.5 Å². The van der Waals surface area contributed by atoms with Crippen LogP contribution in [0.1, 0.15) is 30.1 Å². The fourth-order valence-corrected chi connectivity index (χ4v) is 3.24. The highest BCUT2D eigenvalue weighted by molar-refractivity contribution is 9.09. The molecule has 0 aromatic heterocycles. The molecule has 1 heterocycles. The van der Waals surface area contributed by atoms with Crippen molar-refractivity contribution in [2.75, 3.05) is 27.3 Å². The van der Waals surface area contributed by atoms with Gasteiger partial charge in [-0.05, 0) is 37.0 Å². The highest BCUT2D eigenvalue weighted by Gasteiger charge is 2.26. The molecule has 1 aromatic carbocycles. The summed E-state index contributed by atoms with van der Waals surface area (Å²) in [6.45, 7) is 3.80. The van der Waals surface area contributed by atoms with Gasteiger partial charge in [-0.15, -0.1) is 0 Å². The van der Waals surface area contributed by atoms with E-state index in [0.29, 0.717) is 27.8 Å². The van der Waals surface area contributed by atoms with Gasteiger partial charge in [0.05, 0.1) is 14.2 Å². The maximum Gasteiger partial charge on any atom is 0.253 e. The molecule has 0 radical (unpaired) electrons. The highest BCUT2D eigenvalue weighted by Crippen LogP contribution is 2.29. The Morgan fingerprint density at radius 3 is 2.38 bits per heavy atom.